The molecule has 1 aliphatic rings. The Hall–Kier alpha value is -3.56. The van der Waals surface area contributed by atoms with Crippen molar-refractivity contribution in [2.24, 2.45) is 5.73 Å². The van der Waals surface area contributed by atoms with Crippen molar-refractivity contribution < 1.29 is 23.5 Å². The molecule has 3 N–H and O–H groups in total. The van der Waals surface area contributed by atoms with Crippen molar-refractivity contribution in [1.82, 2.24) is 14.9 Å². The molecule has 1 aliphatic heterocycles. The van der Waals surface area contributed by atoms with Crippen LogP contribution in [-0.2, 0) is 20.9 Å². The number of benzene rings is 1. The predicted octanol–water partition coefficient (Wildman–Crippen LogP) is 2.04. The summed E-state index contributed by atoms with van der Waals surface area (Å²) >= 11 is 0. The maximum atomic E-state index is 14.9. The summed E-state index contributed by atoms with van der Waals surface area (Å²) in [5.41, 5.74) is 6.02. The van der Waals surface area contributed by atoms with Gasteiger partial charge in [0.15, 0.2) is 0 Å². The molecular formula is C21H24FN5O4. The number of hydrogen-bond donors (Lipinski definition) is 2. The fraction of sp³-hybridized carbons (Fsp3) is 0.381. The van der Waals surface area contributed by atoms with Crippen LogP contribution in [0.15, 0.2) is 30.6 Å². The van der Waals surface area contributed by atoms with Crippen molar-refractivity contribution in [2.75, 3.05) is 13.2 Å². The number of halogens is 1. The van der Waals surface area contributed by atoms with Crippen LogP contribution in [0.4, 0.5) is 4.39 Å². The van der Waals surface area contributed by atoms with Crippen molar-refractivity contribution >= 4 is 17.7 Å². The van der Waals surface area contributed by atoms with E-state index in [0.29, 0.717) is 12.2 Å². The fourth-order valence-corrected chi connectivity index (χ4v) is 3.40. The summed E-state index contributed by atoms with van der Waals surface area (Å²) in [5.74, 6) is -1.56. The minimum absolute atomic E-state index is 0.000569. The monoisotopic (exact) mass is 429 g/mol. The molecule has 31 heavy (non-hydrogen) atoms. The number of likely N-dealkylation sites (tertiary alicyclic amines) is 1. The van der Waals surface area contributed by atoms with E-state index < -0.39 is 11.8 Å². The molecule has 2 heterocycles. The van der Waals surface area contributed by atoms with Crippen LogP contribution in [0, 0.1) is 11.2 Å². The Morgan fingerprint density at radius 3 is 2.74 bits per heavy atom. The molecule has 1 amide bonds. The highest BCUT2D eigenvalue weighted by Crippen LogP contribution is 2.25. The topological polar surface area (TPSA) is 131 Å². The van der Waals surface area contributed by atoms with Gasteiger partial charge in [-0.15, -0.1) is 0 Å². The zero-order chi connectivity index (χ0) is 22.4. The van der Waals surface area contributed by atoms with Crippen LogP contribution in [0.3, 0.4) is 0 Å². The van der Waals surface area contributed by atoms with Gasteiger partial charge in [-0.1, -0.05) is 18.2 Å². The maximum absolute atomic E-state index is 14.9. The number of esters is 1. The SMILES string of the molecule is CC(=O)N1CCCC1COc1ncc(-c2cccc(COC(=O)CC(=N)N)c2F)cn1. The number of nitrogens with one attached hydrogen (secondary N) is 1. The van der Waals surface area contributed by atoms with Crippen LogP contribution in [0.1, 0.15) is 31.7 Å². The highest BCUT2D eigenvalue weighted by Gasteiger charge is 2.27. The second kappa shape index (κ2) is 9.96. The Balaban J connectivity index is 1.63. The molecule has 0 spiro atoms. The summed E-state index contributed by atoms with van der Waals surface area (Å²) in [6.07, 6.45) is 4.36. The highest BCUT2D eigenvalue weighted by atomic mass is 19.1. The van der Waals surface area contributed by atoms with Crippen LogP contribution in [0.5, 0.6) is 6.01 Å². The molecule has 10 heteroatoms. The molecule has 0 saturated carbocycles. The van der Waals surface area contributed by atoms with E-state index in [4.69, 9.17) is 20.6 Å². The van der Waals surface area contributed by atoms with Crippen LogP contribution >= 0.6 is 0 Å². The normalized spacial score (nSPS) is 15.5. The Kier molecular flexibility index (Phi) is 7.11. The summed E-state index contributed by atoms with van der Waals surface area (Å²) in [6, 6.07) is 4.85. The standard InChI is InChI=1S/C21H24FN5O4/c1-13(28)27-7-3-5-16(27)12-31-21-25-9-15(10-26-21)17-6-2-4-14(20(17)22)11-30-19(29)8-18(23)24/h2,4,6,9-10,16H,3,5,7-8,11-12H2,1H3,(H3,23,24). The van der Waals surface area contributed by atoms with Gasteiger partial charge in [-0.3, -0.25) is 15.0 Å². The number of amidine groups is 1. The van der Waals surface area contributed by atoms with Crippen LogP contribution < -0.4 is 10.5 Å². The van der Waals surface area contributed by atoms with Gasteiger partial charge in [-0.2, -0.15) is 0 Å². The number of carbonyl (C=O) groups excluding carboxylic acids is 2. The third-order valence-corrected chi connectivity index (χ3v) is 4.93. The molecule has 1 saturated heterocycles. The first-order chi connectivity index (χ1) is 14.8. The van der Waals surface area contributed by atoms with Gasteiger partial charge in [0.25, 0.3) is 0 Å². The summed E-state index contributed by atoms with van der Waals surface area (Å²) in [4.78, 5) is 33.2. The minimum Gasteiger partial charge on any atom is -0.461 e. The average molecular weight is 429 g/mol. The van der Waals surface area contributed by atoms with Crippen molar-refractivity contribution in [3.63, 3.8) is 0 Å². The molecule has 9 nitrogen and oxygen atoms in total. The molecule has 0 aliphatic carbocycles. The van der Waals surface area contributed by atoms with Crippen molar-refractivity contribution in [1.29, 1.82) is 5.41 Å². The minimum atomic E-state index is -0.701. The number of ether oxygens (including phenoxy) is 2. The van der Waals surface area contributed by atoms with E-state index >= 15 is 0 Å². The zero-order valence-corrected chi connectivity index (χ0v) is 17.1. The van der Waals surface area contributed by atoms with Gasteiger partial charge in [0.2, 0.25) is 5.91 Å². The Labute approximate surface area is 178 Å². The van der Waals surface area contributed by atoms with Gasteiger partial charge < -0.3 is 20.1 Å². The predicted molar refractivity (Wildman–Crippen MR) is 110 cm³/mol. The first kappa shape index (κ1) is 22.1. The highest BCUT2D eigenvalue weighted by molar-refractivity contribution is 5.94. The van der Waals surface area contributed by atoms with E-state index in [-0.39, 0.29) is 47.9 Å². The molecule has 1 atom stereocenters. The smallest absolute Gasteiger partial charge is 0.316 e. The molecule has 2 aromatic rings. The van der Waals surface area contributed by atoms with E-state index in [1.165, 1.54) is 25.4 Å². The van der Waals surface area contributed by atoms with E-state index in [9.17, 15) is 14.0 Å². The number of aromatic nitrogens is 2. The van der Waals surface area contributed by atoms with Crippen molar-refractivity contribution in [3.8, 4) is 17.1 Å². The largest absolute Gasteiger partial charge is 0.461 e. The molecule has 164 valence electrons. The number of carbonyl (C=O) groups is 2. The Morgan fingerprint density at radius 1 is 1.32 bits per heavy atom. The molecule has 1 aromatic heterocycles. The quantitative estimate of drug-likeness (QED) is 0.373. The zero-order valence-electron chi connectivity index (χ0n) is 17.1. The van der Waals surface area contributed by atoms with Gasteiger partial charge in [-0.25, -0.2) is 14.4 Å². The molecule has 1 unspecified atom stereocenters. The van der Waals surface area contributed by atoms with Crippen molar-refractivity contribution in [3.05, 3.63) is 42.0 Å². The van der Waals surface area contributed by atoms with E-state index in [1.54, 1.807) is 17.0 Å². The first-order valence-corrected chi connectivity index (χ1v) is 9.83. The molecule has 0 bridgehead atoms. The second-order valence-electron chi connectivity index (χ2n) is 7.22. The third-order valence-electron chi connectivity index (χ3n) is 4.93. The molecule has 1 aromatic carbocycles. The lowest BCUT2D eigenvalue weighted by Crippen LogP contribution is -2.37. The molecule has 0 radical (unpaired) electrons. The van der Waals surface area contributed by atoms with Crippen LogP contribution in [0.2, 0.25) is 0 Å². The fourth-order valence-electron chi connectivity index (χ4n) is 3.40. The van der Waals surface area contributed by atoms with Crippen LogP contribution in [-0.4, -0.2) is 51.8 Å². The summed E-state index contributed by atoms with van der Waals surface area (Å²) in [6.45, 7) is 2.29. The first-order valence-electron chi connectivity index (χ1n) is 9.83. The number of nitrogens with zero attached hydrogens (tertiary/aromatic N) is 3. The van der Waals surface area contributed by atoms with Gasteiger partial charge in [-0.05, 0) is 12.8 Å². The number of hydrogen-bond acceptors (Lipinski definition) is 7. The summed E-state index contributed by atoms with van der Waals surface area (Å²) in [7, 11) is 0. The number of rotatable bonds is 8. The lowest BCUT2D eigenvalue weighted by Gasteiger charge is -2.22. The van der Waals surface area contributed by atoms with Gasteiger partial charge in [0, 0.05) is 42.6 Å². The Morgan fingerprint density at radius 2 is 2.06 bits per heavy atom. The summed E-state index contributed by atoms with van der Waals surface area (Å²) < 4.78 is 25.4. The van der Waals surface area contributed by atoms with Crippen molar-refractivity contribution in [2.45, 2.75) is 38.8 Å². The molecule has 3 rings (SSSR count). The van der Waals surface area contributed by atoms with E-state index in [1.807, 2.05) is 0 Å². The van der Waals surface area contributed by atoms with Crippen LogP contribution in [0.25, 0.3) is 11.1 Å². The average Bonchev–Trinajstić information content (AvgIpc) is 3.20. The van der Waals surface area contributed by atoms with Gasteiger partial charge in [0.1, 0.15) is 31.3 Å². The second-order valence-corrected chi connectivity index (χ2v) is 7.22. The van der Waals surface area contributed by atoms with E-state index in [0.717, 1.165) is 19.4 Å². The summed E-state index contributed by atoms with van der Waals surface area (Å²) in [5, 5.41) is 7.08. The molecular weight excluding hydrogens is 405 g/mol. The maximum Gasteiger partial charge on any atom is 0.316 e. The number of amides is 1. The third kappa shape index (κ3) is 5.74. The van der Waals surface area contributed by atoms with Gasteiger partial charge >= 0.3 is 12.0 Å². The van der Waals surface area contributed by atoms with Gasteiger partial charge in [0.05, 0.1) is 6.04 Å². The molecule has 1 fully saturated rings. The lowest BCUT2D eigenvalue weighted by molar-refractivity contribution is -0.143. The number of nitrogens with two attached hydrogens (primary N) is 1. The van der Waals surface area contributed by atoms with E-state index in [2.05, 4.69) is 9.97 Å². The lowest BCUT2D eigenvalue weighted by atomic mass is 10.1. The Bertz CT molecular complexity index is 967.